The number of aryl methyl sites for hydroxylation is 1. The van der Waals surface area contributed by atoms with Crippen LogP contribution in [0.1, 0.15) is 30.5 Å². The van der Waals surface area contributed by atoms with E-state index in [0.29, 0.717) is 13.0 Å². The van der Waals surface area contributed by atoms with Gasteiger partial charge in [0, 0.05) is 29.9 Å². The molecule has 3 aromatic rings. The average molecular weight is 374 g/mol. The van der Waals surface area contributed by atoms with Crippen molar-refractivity contribution in [3.8, 4) is 6.07 Å². The van der Waals surface area contributed by atoms with E-state index in [9.17, 15) is 10.1 Å². The number of aromatic amines is 1. The van der Waals surface area contributed by atoms with Gasteiger partial charge in [0.05, 0.1) is 11.5 Å². The van der Waals surface area contributed by atoms with Crippen molar-refractivity contribution in [2.45, 2.75) is 32.2 Å². The summed E-state index contributed by atoms with van der Waals surface area (Å²) in [5, 5.41) is 10.9. The molecule has 0 aliphatic heterocycles. The lowest BCUT2D eigenvalue weighted by Crippen LogP contribution is -2.35. The van der Waals surface area contributed by atoms with Crippen LogP contribution in [0.5, 0.6) is 0 Å². The minimum absolute atomic E-state index is 0.0636. The van der Waals surface area contributed by atoms with Crippen LogP contribution in [0, 0.1) is 11.3 Å². The van der Waals surface area contributed by atoms with Gasteiger partial charge in [-0.05, 0) is 61.2 Å². The maximum atomic E-state index is 12.2. The molecule has 0 saturated carbocycles. The van der Waals surface area contributed by atoms with Crippen molar-refractivity contribution < 1.29 is 0 Å². The summed E-state index contributed by atoms with van der Waals surface area (Å²) in [4.78, 5) is 17.2. The van der Waals surface area contributed by atoms with E-state index < -0.39 is 5.41 Å². The number of aromatic nitrogens is 1. The van der Waals surface area contributed by atoms with E-state index in [4.69, 9.17) is 5.73 Å². The van der Waals surface area contributed by atoms with Gasteiger partial charge in [0.25, 0.3) is 5.56 Å². The molecule has 0 bridgehead atoms. The molecule has 28 heavy (non-hydrogen) atoms. The molecule has 2 aromatic carbocycles. The second-order valence-corrected chi connectivity index (χ2v) is 7.64. The monoisotopic (exact) mass is 374 g/mol. The van der Waals surface area contributed by atoms with Gasteiger partial charge in [-0.1, -0.05) is 31.2 Å². The number of rotatable bonds is 6. The van der Waals surface area contributed by atoms with Crippen LogP contribution in [0.4, 0.5) is 5.69 Å². The number of anilines is 1. The molecule has 0 radical (unpaired) electrons. The maximum Gasteiger partial charge on any atom is 0.251 e. The van der Waals surface area contributed by atoms with Gasteiger partial charge in [-0.3, -0.25) is 4.79 Å². The molecule has 1 heterocycles. The van der Waals surface area contributed by atoms with Crippen molar-refractivity contribution in [3.05, 3.63) is 75.6 Å². The number of likely N-dealkylation sites (N-methyl/N-ethyl adjacent to an activating group) is 1. The summed E-state index contributed by atoms with van der Waals surface area (Å²) in [5.74, 6) is 0. The summed E-state index contributed by atoms with van der Waals surface area (Å²) in [6.45, 7) is 5.19. The first-order chi connectivity index (χ1) is 13.3. The molecule has 3 N–H and O–H groups in total. The average Bonchev–Trinajstić information content (AvgIpc) is 2.68. The number of nitriles is 1. The van der Waals surface area contributed by atoms with E-state index >= 15 is 0 Å². The lowest BCUT2D eigenvalue weighted by Gasteiger charge is -2.28. The normalized spacial score (nSPS) is 13.4. The van der Waals surface area contributed by atoms with Crippen LogP contribution in [0.15, 0.2) is 53.3 Å². The lowest BCUT2D eigenvalue weighted by molar-refractivity contribution is 0.281. The Hall–Kier alpha value is -3.10. The zero-order valence-electron chi connectivity index (χ0n) is 16.6. The van der Waals surface area contributed by atoms with Gasteiger partial charge in [0.15, 0.2) is 0 Å². The van der Waals surface area contributed by atoms with Crippen molar-refractivity contribution in [3.63, 3.8) is 0 Å². The second kappa shape index (κ2) is 7.87. The SMILES string of the molecule is CCc1cc2ccc(C(C)(C#N)CN(C)Cc3ccc(N)cc3)cc2[nH]c1=O. The Morgan fingerprint density at radius 1 is 1.18 bits per heavy atom. The van der Waals surface area contributed by atoms with E-state index in [1.807, 2.05) is 69.4 Å². The summed E-state index contributed by atoms with van der Waals surface area (Å²) in [5.41, 5.74) is 9.30. The quantitative estimate of drug-likeness (QED) is 0.646. The topological polar surface area (TPSA) is 85.9 Å². The van der Waals surface area contributed by atoms with Gasteiger partial charge < -0.3 is 15.6 Å². The van der Waals surface area contributed by atoms with E-state index in [0.717, 1.165) is 39.8 Å². The first-order valence-electron chi connectivity index (χ1n) is 9.45. The van der Waals surface area contributed by atoms with Crippen molar-refractivity contribution in [2.24, 2.45) is 0 Å². The number of fused-ring (bicyclic) bond motifs is 1. The first-order valence-corrected chi connectivity index (χ1v) is 9.45. The van der Waals surface area contributed by atoms with Crippen LogP contribution in [0.2, 0.25) is 0 Å². The zero-order valence-corrected chi connectivity index (χ0v) is 16.6. The van der Waals surface area contributed by atoms with Gasteiger partial charge >= 0.3 is 0 Å². The molecular formula is C23H26N4O. The van der Waals surface area contributed by atoms with Crippen molar-refractivity contribution in [2.75, 3.05) is 19.3 Å². The van der Waals surface area contributed by atoms with Crippen molar-refractivity contribution in [1.82, 2.24) is 9.88 Å². The van der Waals surface area contributed by atoms with Gasteiger partial charge in [-0.15, -0.1) is 0 Å². The minimum Gasteiger partial charge on any atom is -0.399 e. The molecule has 0 fully saturated rings. The lowest BCUT2D eigenvalue weighted by atomic mass is 9.83. The molecule has 5 heteroatoms. The summed E-state index contributed by atoms with van der Waals surface area (Å²) in [6, 6.07) is 18.1. The highest BCUT2D eigenvalue weighted by molar-refractivity contribution is 5.80. The number of hydrogen-bond donors (Lipinski definition) is 2. The fourth-order valence-electron chi connectivity index (χ4n) is 3.57. The number of nitrogens with one attached hydrogen (secondary N) is 1. The Morgan fingerprint density at radius 2 is 1.89 bits per heavy atom. The third kappa shape index (κ3) is 4.08. The summed E-state index contributed by atoms with van der Waals surface area (Å²) in [6.07, 6.45) is 0.693. The Balaban J connectivity index is 1.87. The number of hydrogen-bond acceptors (Lipinski definition) is 4. The standard InChI is InChI=1S/C23H26N4O/c1-4-17-11-18-7-8-19(12-21(18)26-22(17)28)23(2,14-24)15-27(3)13-16-5-9-20(25)10-6-16/h5-12H,4,13,15,25H2,1-3H3,(H,26,28). The Kier molecular flexibility index (Phi) is 5.53. The van der Waals surface area contributed by atoms with Gasteiger partial charge in [-0.25, -0.2) is 0 Å². The van der Waals surface area contributed by atoms with Gasteiger partial charge in [0.1, 0.15) is 0 Å². The maximum absolute atomic E-state index is 12.2. The predicted octanol–water partition coefficient (Wildman–Crippen LogP) is 3.59. The summed E-state index contributed by atoms with van der Waals surface area (Å²) >= 11 is 0. The second-order valence-electron chi connectivity index (χ2n) is 7.64. The van der Waals surface area contributed by atoms with Crippen LogP contribution in [0.25, 0.3) is 10.9 Å². The van der Waals surface area contributed by atoms with E-state index in [1.54, 1.807) is 0 Å². The molecular weight excluding hydrogens is 348 g/mol. The molecule has 0 saturated heterocycles. The highest BCUT2D eigenvalue weighted by atomic mass is 16.1. The number of nitrogens with zero attached hydrogens (tertiary/aromatic N) is 2. The number of nitrogen functional groups attached to an aromatic ring is 1. The number of H-pyrrole nitrogens is 1. The van der Waals surface area contributed by atoms with Crippen LogP contribution >= 0.6 is 0 Å². The number of pyridine rings is 1. The van der Waals surface area contributed by atoms with E-state index in [-0.39, 0.29) is 5.56 Å². The Labute approximate surface area is 165 Å². The molecule has 0 spiro atoms. The number of nitrogens with two attached hydrogens (primary N) is 1. The van der Waals surface area contributed by atoms with Crippen LogP contribution in [0.3, 0.4) is 0 Å². The summed E-state index contributed by atoms with van der Waals surface area (Å²) in [7, 11) is 2.00. The molecule has 3 rings (SSSR count). The van der Waals surface area contributed by atoms with Crippen molar-refractivity contribution >= 4 is 16.6 Å². The zero-order chi connectivity index (χ0) is 20.3. The summed E-state index contributed by atoms with van der Waals surface area (Å²) < 4.78 is 0. The smallest absolute Gasteiger partial charge is 0.251 e. The fourth-order valence-corrected chi connectivity index (χ4v) is 3.57. The van der Waals surface area contributed by atoms with E-state index in [2.05, 4.69) is 16.0 Å². The Morgan fingerprint density at radius 3 is 2.54 bits per heavy atom. The van der Waals surface area contributed by atoms with Crippen LogP contribution in [-0.4, -0.2) is 23.5 Å². The molecule has 144 valence electrons. The molecule has 0 aliphatic carbocycles. The highest BCUT2D eigenvalue weighted by Gasteiger charge is 2.28. The third-order valence-electron chi connectivity index (χ3n) is 5.21. The van der Waals surface area contributed by atoms with Gasteiger partial charge in [0.2, 0.25) is 0 Å². The van der Waals surface area contributed by atoms with Crippen molar-refractivity contribution in [1.29, 1.82) is 5.26 Å². The molecule has 1 atom stereocenters. The van der Waals surface area contributed by atoms with Gasteiger partial charge in [-0.2, -0.15) is 5.26 Å². The fraction of sp³-hybridized carbons (Fsp3) is 0.304. The first kappa shape index (κ1) is 19.7. The molecule has 0 amide bonds. The predicted molar refractivity (Wildman–Crippen MR) is 114 cm³/mol. The molecule has 5 nitrogen and oxygen atoms in total. The third-order valence-corrected chi connectivity index (χ3v) is 5.21. The molecule has 0 aliphatic rings. The molecule has 1 aromatic heterocycles. The van der Waals surface area contributed by atoms with Crippen LogP contribution in [-0.2, 0) is 18.4 Å². The Bertz CT molecular complexity index is 1080. The number of benzene rings is 2. The van der Waals surface area contributed by atoms with E-state index in [1.165, 1.54) is 0 Å². The highest BCUT2D eigenvalue weighted by Crippen LogP contribution is 2.27. The minimum atomic E-state index is -0.697. The van der Waals surface area contributed by atoms with Crippen LogP contribution < -0.4 is 11.3 Å². The molecule has 1 unspecified atom stereocenters. The largest absolute Gasteiger partial charge is 0.399 e.